The number of ether oxygens (including phenoxy) is 1. The van der Waals surface area contributed by atoms with Gasteiger partial charge in [-0.25, -0.2) is 0 Å². The number of carbonyl (C=O) groups excluding carboxylic acids is 2. The largest absolute Gasteiger partial charge is 0.460 e. The molecule has 1 aliphatic heterocycles. The van der Waals surface area contributed by atoms with Crippen molar-refractivity contribution in [2.45, 2.75) is 45.8 Å². The van der Waals surface area contributed by atoms with Gasteiger partial charge in [0.2, 0.25) is 0 Å². The highest BCUT2D eigenvalue weighted by molar-refractivity contribution is 5.79. The maximum atomic E-state index is 12.0. The zero-order chi connectivity index (χ0) is 12.6. The Bertz CT molecular complexity index is 291. The van der Waals surface area contributed by atoms with E-state index in [1.54, 1.807) is 0 Å². The SMILES string of the molecule is CC(C)(C)OC(=O)[C@H]1C(C=O)CNC1(C)C. The molecule has 0 aromatic carbocycles. The molecule has 0 bridgehead atoms. The lowest BCUT2D eigenvalue weighted by Crippen LogP contribution is -2.45. The summed E-state index contributed by atoms with van der Waals surface area (Å²) < 4.78 is 5.35. The Morgan fingerprint density at radius 3 is 2.44 bits per heavy atom. The van der Waals surface area contributed by atoms with Crippen molar-refractivity contribution in [2.75, 3.05) is 6.54 Å². The Labute approximate surface area is 96.7 Å². The summed E-state index contributed by atoms with van der Waals surface area (Å²) in [6.07, 6.45) is 0.844. The predicted molar refractivity (Wildman–Crippen MR) is 61.0 cm³/mol. The molecular weight excluding hydrogens is 206 g/mol. The molecule has 2 atom stereocenters. The monoisotopic (exact) mass is 227 g/mol. The molecule has 1 aliphatic rings. The summed E-state index contributed by atoms with van der Waals surface area (Å²) in [5.41, 5.74) is -0.892. The zero-order valence-electron chi connectivity index (χ0n) is 10.7. The maximum absolute atomic E-state index is 12.0. The molecule has 16 heavy (non-hydrogen) atoms. The second-order valence-electron chi connectivity index (χ2n) is 5.91. The van der Waals surface area contributed by atoms with Gasteiger partial charge >= 0.3 is 5.97 Å². The van der Waals surface area contributed by atoms with Crippen LogP contribution in [0.1, 0.15) is 34.6 Å². The van der Waals surface area contributed by atoms with E-state index in [0.717, 1.165) is 6.29 Å². The summed E-state index contributed by atoms with van der Waals surface area (Å²) in [5.74, 6) is -0.978. The van der Waals surface area contributed by atoms with Crippen molar-refractivity contribution in [2.24, 2.45) is 11.8 Å². The Morgan fingerprint density at radius 1 is 1.44 bits per heavy atom. The van der Waals surface area contributed by atoms with Crippen LogP contribution in [-0.4, -0.2) is 29.9 Å². The average Bonchev–Trinajstić information content (AvgIpc) is 2.37. The minimum Gasteiger partial charge on any atom is -0.460 e. The molecule has 4 heteroatoms. The molecule has 1 saturated heterocycles. The number of hydrogen-bond acceptors (Lipinski definition) is 4. The van der Waals surface area contributed by atoms with Gasteiger partial charge in [0.1, 0.15) is 11.9 Å². The van der Waals surface area contributed by atoms with Crippen molar-refractivity contribution in [1.82, 2.24) is 5.32 Å². The van der Waals surface area contributed by atoms with E-state index >= 15 is 0 Å². The molecule has 0 amide bonds. The Hall–Kier alpha value is -0.900. The third kappa shape index (κ3) is 2.82. The lowest BCUT2D eigenvalue weighted by molar-refractivity contribution is -0.163. The first-order chi connectivity index (χ1) is 7.17. The van der Waals surface area contributed by atoms with Crippen LogP contribution in [0.2, 0.25) is 0 Å². The molecule has 0 saturated carbocycles. The summed E-state index contributed by atoms with van der Waals surface area (Å²) in [4.78, 5) is 23.0. The van der Waals surface area contributed by atoms with Gasteiger partial charge in [-0.05, 0) is 34.6 Å². The van der Waals surface area contributed by atoms with Crippen molar-refractivity contribution < 1.29 is 14.3 Å². The van der Waals surface area contributed by atoms with Gasteiger partial charge in [-0.2, -0.15) is 0 Å². The van der Waals surface area contributed by atoms with Crippen LogP contribution in [0, 0.1) is 11.8 Å². The first-order valence-corrected chi connectivity index (χ1v) is 5.60. The lowest BCUT2D eigenvalue weighted by Gasteiger charge is -2.30. The molecule has 4 nitrogen and oxygen atoms in total. The third-order valence-electron chi connectivity index (χ3n) is 2.83. The van der Waals surface area contributed by atoms with Crippen LogP contribution in [0.4, 0.5) is 0 Å². The molecule has 1 unspecified atom stereocenters. The summed E-state index contributed by atoms with van der Waals surface area (Å²) >= 11 is 0. The first-order valence-electron chi connectivity index (χ1n) is 5.60. The number of carbonyl (C=O) groups is 2. The fraction of sp³-hybridized carbons (Fsp3) is 0.833. The summed E-state index contributed by atoms with van der Waals surface area (Å²) in [6.45, 7) is 9.87. The highest BCUT2D eigenvalue weighted by Gasteiger charge is 2.47. The van der Waals surface area contributed by atoms with E-state index < -0.39 is 11.5 Å². The number of rotatable bonds is 2. The maximum Gasteiger partial charge on any atom is 0.312 e. The normalized spacial score (nSPS) is 28.8. The van der Waals surface area contributed by atoms with Gasteiger partial charge in [0.15, 0.2) is 0 Å². The summed E-state index contributed by atoms with van der Waals surface area (Å²) in [7, 11) is 0. The van der Waals surface area contributed by atoms with E-state index in [1.807, 2.05) is 34.6 Å². The Morgan fingerprint density at radius 2 is 2.00 bits per heavy atom. The van der Waals surface area contributed by atoms with Crippen LogP contribution in [-0.2, 0) is 14.3 Å². The molecule has 0 radical (unpaired) electrons. The molecule has 0 aromatic heterocycles. The fourth-order valence-corrected chi connectivity index (χ4v) is 2.11. The fourth-order valence-electron chi connectivity index (χ4n) is 2.11. The molecule has 0 aliphatic carbocycles. The van der Waals surface area contributed by atoms with Gasteiger partial charge in [0.05, 0.1) is 5.92 Å². The minimum absolute atomic E-state index is 0.287. The van der Waals surface area contributed by atoms with Crippen LogP contribution in [0.5, 0.6) is 0 Å². The van der Waals surface area contributed by atoms with Gasteiger partial charge in [0, 0.05) is 18.0 Å². The predicted octanol–water partition coefficient (Wildman–Crippen LogP) is 1.14. The highest BCUT2D eigenvalue weighted by atomic mass is 16.6. The number of esters is 1. The molecular formula is C12H21NO3. The van der Waals surface area contributed by atoms with E-state index in [1.165, 1.54) is 0 Å². The number of hydrogen-bond donors (Lipinski definition) is 1. The minimum atomic E-state index is -0.511. The van der Waals surface area contributed by atoms with Gasteiger partial charge in [-0.1, -0.05) is 0 Å². The van der Waals surface area contributed by atoms with Crippen molar-refractivity contribution in [1.29, 1.82) is 0 Å². The van der Waals surface area contributed by atoms with Crippen molar-refractivity contribution in [3.63, 3.8) is 0 Å². The Balaban J connectivity index is 2.83. The number of nitrogens with one attached hydrogen (secondary N) is 1. The van der Waals surface area contributed by atoms with Gasteiger partial charge < -0.3 is 14.8 Å². The van der Waals surface area contributed by atoms with Crippen molar-refractivity contribution in [3.05, 3.63) is 0 Å². The van der Waals surface area contributed by atoms with Crippen molar-refractivity contribution in [3.8, 4) is 0 Å². The number of aldehydes is 1. The zero-order valence-corrected chi connectivity index (χ0v) is 10.7. The topological polar surface area (TPSA) is 55.4 Å². The quantitative estimate of drug-likeness (QED) is 0.568. The molecule has 0 spiro atoms. The van der Waals surface area contributed by atoms with Crippen molar-refractivity contribution >= 4 is 12.3 Å². The summed E-state index contributed by atoms with van der Waals surface area (Å²) in [6, 6.07) is 0. The first kappa shape index (κ1) is 13.2. The van der Waals surface area contributed by atoms with E-state index in [9.17, 15) is 9.59 Å². The molecule has 92 valence electrons. The Kier molecular flexibility index (Phi) is 3.43. The van der Waals surface area contributed by atoms with Gasteiger partial charge in [-0.15, -0.1) is 0 Å². The second-order valence-corrected chi connectivity index (χ2v) is 5.91. The smallest absolute Gasteiger partial charge is 0.312 e. The van der Waals surface area contributed by atoms with Crippen LogP contribution in [0.3, 0.4) is 0 Å². The molecule has 1 rings (SSSR count). The molecule has 1 N–H and O–H groups in total. The van der Waals surface area contributed by atoms with Gasteiger partial charge in [0.25, 0.3) is 0 Å². The average molecular weight is 227 g/mol. The van der Waals surface area contributed by atoms with Crippen LogP contribution >= 0.6 is 0 Å². The second kappa shape index (κ2) is 4.17. The van der Waals surface area contributed by atoms with E-state index in [0.29, 0.717) is 6.54 Å². The van der Waals surface area contributed by atoms with Crippen LogP contribution in [0.25, 0.3) is 0 Å². The molecule has 1 heterocycles. The van der Waals surface area contributed by atoms with E-state index in [-0.39, 0.29) is 17.4 Å². The van der Waals surface area contributed by atoms with E-state index in [4.69, 9.17) is 4.74 Å². The third-order valence-corrected chi connectivity index (χ3v) is 2.83. The van der Waals surface area contributed by atoms with Gasteiger partial charge in [-0.3, -0.25) is 4.79 Å². The van der Waals surface area contributed by atoms with Crippen LogP contribution in [0.15, 0.2) is 0 Å². The molecule has 1 fully saturated rings. The van der Waals surface area contributed by atoms with Crippen LogP contribution < -0.4 is 5.32 Å². The van der Waals surface area contributed by atoms with E-state index in [2.05, 4.69) is 5.32 Å². The standard InChI is InChI=1S/C12H21NO3/c1-11(2,3)16-10(15)9-8(7-14)6-13-12(9,4)5/h7-9,13H,6H2,1-5H3/t8?,9-/m1/s1. The lowest BCUT2D eigenvalue weighted by atomic mass is 9.83. The highest BCUT2D eigenvalue weighted by Crippen LogP contribution is 2.32. The molecule has 0 aromatic rings. The summed E-state index contributed by atoms with van der Waals surface area (Å²) in [5, 5.41) is 3.18.